The van der Waals surface area contributed by atoms with Crippen molar-refractivity contribution in [1.82, 2.24) is 5.32 Å². The van der Waals surface area contributed by atoms with Crippen molar-refractivity contribution in [3.05, 3.63) is 24.3 Å². The van der Waals surface area contributed by atoms with E-state index < -0.39 is 86.8 Å². The molecular formula is C68H129NO13. The maximum Gasteiger partial charge on any atom is 0.220 e. The van der Waals surface area contributed by atoms with Crippen molar-refractivity contribution in [2.24, 2.45) is 0 Å². The Balaban J connectivity index is 1.68. The molecule has 0 aromatic carbocycles. The molecule has 2 heterocycles. The number of aliphatic hydroxyl groups is 8. The molecule has 9 N–H and O–H groups in total. The summed E-state index contributed by atoms with van der Waals surface area (Å²) in [6.07, 6.45) is 48.9. The van der Waals surface area contributed by atoms with E-state index in [1.807, 2.05) is 0 Å². The SMILES string of the molecule is CCCCCCC/C=C\C/C=C\CCCCCCCCCCCCCCCC(=O)NC(COC1OC(CO)C(OC2OC(CO)C(O)C(O)C2O)C(O)C1O)C(O)CCCCCCCCCCCCCCCCCCCCCCCCC. The zero-order chi connectivity index (χ0) is 59.5. The Labute approximate surface area is 500 Å². The van der Waals surface area contributed by atoms with Gasteiger partial charge in [-0.15, -0.1) is 0 Å². The standard InChI is InChI=1S/C68H129NO13/c1-3-5-7-9-11-13-15-17-19-21-23-25-27-28-30-32-34-36-38-40-42-44-46-48-50-52-60(73)69-56(55-79-67-65(78)63(76)66(59(54-71)81-67)82-68-64(77)62(75)61(74)58(53-70)80-68)57(72)51-49-47-45-43-41-39-37-35-33-31-29-26-24-22-20-18-16-14-12-10-8-6-4-2/h15,17,21,23,56-59,61-68,70-72,74-78H,3-14,16,18-20,22,24-55H2,1-2H3,(H,69,73)/b17-15-,23-21-. The van der Waals surface area contributed by atoms with Crippen LogP contribution in [0.3, 0.4) is 0 Å². The molecule has 0 spiro atoms. The smallest absolute Gasteiger partial charge is 0.220 e. The Morgan fingerprint density at radius 1 is 0.439 bits per heavy atom. The fourth-order valence-corrected chi connectivity index (χ4v) is 11.6. The van der Waals surface area contributed by atoms with Crippen LogP contribution in [0.5, 0.6) is 0 Å². The lowest BCUT2D eigenvalue weighted by Gasteiger charge is -2.46. The summed E-state index contributed by atoms with van der Waals surface area (Å²) in [5, 5.41) is 87.6. The summed E-state index contributed by atoms with van der Waals surface area (Å²) in [5.74, 6) is -0.202. The maximum absolute atomic E-state index is 13.3. The minimum Gasteiger partial charge on any atom is -0.394 e. The molecule has 2 fully saturated rings. The van der Waals surface area contributed by atoms with Gasteiger partial charge >= 0.3 is 0 Å². The van der Waals surface area contributed by atoms with Gasteiger partial charge in [-0.2, -0.15) is 0 Å². The largest absolute Gasteiger partial charge is 0.394 e. The summed E-state index contributed by atoms with van der Waals surface area (Å²) < 4.78 is 22.9. The van der Waals surface area contributed by atoms with Crippen LogP contribution in [0, 0.1) is 0 Å². The maximum atomic E-state index is 13.3. The van der Waals surface area contributed by atoms with Crippen LogP contribution < -0.4 is 5.32 Å². The molecule has 14 nitrogen and oxygen atoms in total. The van der Waals surface area contributed by atoms with Crippen molar-refractivity contribution in [3.8, 4) is 0 Å². The van der Waals surface area contributed by atoms with E-state index in [2.05, 4.69) is 43.5 Å². The highest BCUT2D eigenvalue weighted by Gasteiger charge is 2.51. The van der Waals surface area contributed by atoms with Crippen molar-refractivity contribution < 1.29 is 64.6 Å². The Morgan fingerprint density at radius 3 is 1.22 bits per heavy atom. The zero-order valence-electron chi connectivity index (χ0n) is 52.5. The molecular weight excluding hydrogens is 1040 g/mol. The quantitative estimate of drug-likeness (QED) is 0.0204. The van der Waals surface area contributed by atoms with Gasteiger partial charge in [-0.05, 0) is 44.9 Å². The summed E-state index contributed by atoms with van der Waals surface area (Å²) in [6.45, 7) is 2.90. The number of carbonyl (C=O) groups is 1. The third kappa shape index (κ3) is 37.9. The molecule has 12 unspecified atom stereocenters. The molecule has 2 rings (SSSR count). The van der Waals surface area contributed by atoms with E-state index in [1.165, 1.54) is 225 Å². The number of hydrogen-bond donors (Lipinski definition) is 9. The van der Waals surface area contributed by atoms with Crippen molar-refractivity contribution in [2.75, 3.05) is 19.8 Å². The van der Waals surface area contributed by atoms with Crippen LogP contribution in [-0.2, 0) is 23.7 Å². The van der Waals surface area contributed by atoms with Crippen LogP contribution in [0.2, 0.25) is 0 Å². The van der Waals surface area contributed by atoms with Crippen LogP contribution in [0.4, 0.5) is 0 Å². The fraction of sp³-hybridized carbons (Fsp3) is 0.926. The Hall–Kier alpha value is -1.53. The van der Waals surface area contributed by atoms with Gasteiger partial charge in [-0.1, -0.05) is 282 Å². The number of rotatable bonds is 57. The topological polar surface area (TPSA) is 228 Å². The second-order valence-electron chi connectivity index (χ2n) is 24.7. The van der Waals surface area contributed by atoms with E-state index in [-0.39, 0.29) is 12.5 Å². The van der Waals surface area contributed by atoms with Crippen molar-refractivity contribution >= 4 is 5.91 Å². The summed E-state index contributed by atoms with van der Waals surface area (Å²) in [5.41, 5.74) is 0. The minimum atomic E-state index is -1.78. The molecule has 2 aliphatic rings. The number of amides is 1. The molecule has 0 bridgehead atoms. The number of hydrogen-bond acceptors (Lipinski definition) is 13. The number of unbranched alkanes of at least 4 members (excludes halogenated alkanes) is 40. The summed E-state index contributed by atoms with van der Waals surface area (Å²) >= 11 is 0. The van der Waals surface area contributed by atoms with Crippen LogP contribution >= 0.6 is 0 Å². The highest BCUT2D eigenvalue weighted by molar-refractivity contribution is 5.76. The van der Waals surface area contributed by atoms with Crippen LogP contribution in [-0.4, -0.2) is 140 Å². The van der Waals surface area contributed by atoms with Crippen molar-refractivity contribution in [2.45, 2.75) is 383 Å². The van der Waals surface area contributed by atoms with E-state index in [9.17, 15) is 45.6 Å². The Kier molecular flexibility index (Phi) is 50.1. The molecule has 0 aromatic rings. The van der Waals surface area contributed by atoms with Crippen LogP contribution in [0.25, 0.3) is 0 Å². The average molecular weight is 1170 g/mol. The molecule has 0 saturated carbocycles. The molecule has 2 aliphatic heterocycles. The lowest BCUT2D eigenvalue weighted by molar-refractivity contribution is -0.359. The van der Waals surface area contributed by atoms with E-state index in [1.54, 1.807) is 0 Å². The normalized spacial score (nSPS) is 24.0. The van der Waals surface area contributed by atoms with Gasteiger partial charge in [0.2, 0.25) is 5.91 Å². The molecule has 14 heteroatoms. The molecule has 2 saturated heterocycles. The third-order valence-electron chi connectivity index (χ3n) is 17.2. The van der Waals surface area contributed by atoms with Gasteiger partial charge in [0, 0.05) is 6.42 Å². The van der Waals surface area contributed by atoms with Crippen molar-refractivity contribution in [3.63, 3.8) is 0 Å². The van der Waals surface area contributed by atoms with Crippen LogP contribution in [0.15, 0.2) is 24.3 Å². The lowest BCUT2D eigenvalue weighted by Crippen LogP contribution is -2.65. The molecule has 484 valence electrons. The Morgan fingerprint density at radius 2 is 0.805 bits per heavy atom. The lowest BCUT2D eigenvalue weighted by atomic mass is 9.97. The highest BCUT2D eigenvalue weighted by atomic mass is 16.7. The van der Waals surface area contributed by atoms with E-state index >= 15 is 0 Å². The molecule has 0 radical (unpaired) electrons. The first-order chi connectivity index (χ1) is 40.1. The number of aliphatic hydroxyl groups excluding tert-OH is 8. The van der Waals surface area contributed by atoms with Crippen LogP contribution in [0.1, 0.15) is 309 Å². The van der Waals surface area contributed by atoms with Gasteiger partial charge in [-0.25, -0.2) is 0 Å². The number of nitrogens with one attached hydrogen (secondary N) is 1. The number of carbonyl (C=O) groups excluding carboxylic acids is 1. The Bertz CT molecular complexity index is 1470. The first-order valence-electron chi connectivity index (χ1n) is 34.6. The average Bonchev–Trinajstić information content (AvgIpc) is 3.56. The van der Waals surface area contributed by atoms with Gasteiger partial charge in [0.25, 0.3) is 0 Å². The first-order valence-corrected chi connectivity index (χ1v) is 34.6. The fourth-order valence-electron chi connectivity index (χ4n) is 11.6. The molecule has 0 aliphatic carbocycles. The zero-order valence-corrected chi connectivity index (χ0v) is 52.5. The van der Waals surface area contributed by atoms with Crippen molar-refractivity contribution in [1.29, 1.82) is 0 Å². The summed E-state index contributed by atoms with van der Waals surface area (Å²) in [4.78, 5) is 13.3. The minimum absolute atomic E-state index is 0.202. The molecule has 1 amide bonds. The molecule has 12 atom stereocenters. The van der Waals surface area contributed by atoms with Gasteiger partial charge in [0.05, 0.1) is 32.0 Å². The second kappa shape index (κ2) is 53.7. The van der Waals surface area contributed by atoms with E-state index in [0.29, 0.717) is 12.8 Å². The third-order valence-corrected chi connectivity index (χ3v) is 17.2. The predicted molar refractivity (Wildman–Crippen MR) is 332 cm³/mol. The molecule has 0 aromatic heterocycles. The second-order valence-corrected chi connectivity index (χ2v) is 24.7. The summed E-state index contributed by atoms with van der Waals surface area (Å²) in [7, 11) is 0. The van der Waals surface area contributed by atoms with Gasteiger partial charge in [-0.3, -0.25) is 4.79 Å². The number of allylic oxidation sites excluding steroid dienone is 4. The first kappa shape index (κ1) is 76.6. The highest BCUT2D eigenvalue weighted by Crippen LogP contribution is 2.30. The summed E-state index contributed by atoms with van der Waals surface area (Å²) in [6, 6.07) is -0.829. The van der Waals surface area contributed by atoms with Gasteiger partial charge in [0.1, 0.15) is 48.8 Å². The monoisotopic (exact) mass is 1170 g/mol. The van der Waals surface area contributed by atoms with Gasteiger partial charge in [0.15, 0.2) is 12.6 Å². The predicted octanol–water partition coefficient (Wildman–Crippen LogP) is 13.6. The van der Waals surface area contributed by atoms with E-state index in [0.717, 1.165) is 57.8 Å². The van der Waals surface area contributed by atoms with E-state index in [4.69, 9.17) is 18.9 Å². The number of ether oxygens (including phenoxy) is 4. The van der Waals surface area contributed by atoms with Gasteiger partial charge < -0.3 is 65.1 Å². The molecule has 82 heavy (non-hydrogen) atoms.